The number of anilines is 1. The zero-order chi connectivity index (χ0) is 16.2. The molecule has 1 atom stereocenters. The highest BCUT2D eigenvalue weighted by Crippen LogP contribution is 2.22. The lowest BCUT2D eigenvalue weighted by molar-refractivity contribution is 0.551. The Morgan fingerprint density at radius 2 is 2.17 bits per heavy atom. The van der Waals surface area contributed by atoms with E-state index < -0.39 is 0 Å². The minimum Gasteiger partial charge on any atom is -0.355 e. The summed E-state index contributed by atoms with van der Waals surface area (Å²) in [6.45, 7) is 6.46. The van der Waals surface area contributed by atoms with Crippen LogP contribution in [0.1, 0.15) is 17.5 Å². The normalized spacial score (nSPS) is 17.5. The molecule has 5 heteroatoms. The molecule has 1 aliphatic rings. The van der Waals surface area contributed by atoms with Crippen LogP contribution in [0, 0.1) is 0 Å². The van der Waals surface area contributed by atoms with Gasteiger partial charge in [-0.2, -0.15) is 0 Å². The summed E-state index contributed by atoms with van der Waals surface area (Å²) >= 11 is 12.1. The second kappa shape index (κ2) is 7.35. The minimum absolute atomic E-state index is 0.433. The van der Waals surface area contributed by atoms with E-state index in [0.717, 1.165) is 43.0 Å². The molecule has 0 saturated carbocycles. The van der Waals surface area contributed by atoms with E-state index in [4.69, 9.17) is 23.2 Å². The lowest BCUT2D eigenvalue weighted by atomic mass is 10.2. The zero-order valence-electron chi connectivity index (χ0n) is 12.8. The van der Waals surface area contributed by atoms with Gasteiger partial charge in [0.1, 0.15) is 5.82 Å². The molecule has 2 aromatic rings. The summed E-state index contributed by atoms with van der Waals surface area (Å²) in [5, 5.41) is 4.94. The number of rotatable bonds is 5. The summed E-state index contributed by atoms with van der Waals surface area (Å²) in [4.78, 5) is 6.80. The van der Waals surface area contributed by atoms with E-state index in [-0.39, 0.29) is 0 Å². The second-order valence-corrected chi connectivity index (χ2v) is 6.55. The summed E-state index contributed by atoms with van der Waals surface area (Å²) in [5.41, 5.74) is 2.11. The molecule has 0 radical (unpaired) electrons. The molecule has 120 valence electrons. The van der Waals surface area contributed by atoms with Crippen LogP contribution in [-0.2, 0) is 6.54 Å². The molecule has 23 heavy (non-hydrogen) atoms. The predicted octanol–water partition coefficient (Wildman–Crippen LogP) is 4.40. The van der Waals surface area contributed by atoms with Crippen molar-refractivity contribution in [3.63, 3.8) is 0 Å². The fourth-order valence-corrected chi connectivity index (χ4v) is 3.23. The fourth-order valence-electron chi connectivity index (χ4n) is 2.76. The van der Waals surface area contributed by atoms with Crippen LogP contribution in [0.2, 0.25) is 10.0 Å². The van der Waals surface area contributed by atoms with Crippen molar-refractivity contribution in [2.24, 2.45) is 0 Å². The van der Waals surface area contributed by atoms with Crippen LogP contribution in [0.5, 0.6) is 0 Å². The number of hydrogen-bond donors (Lipinski definition) is 1. The van der Waals surface area contributed by atoms with Crippen molar-refractivity contribution in [3.05, 3.63) is 64.3 Å². The van der Waals surface area contributed by atoms with Crippen molar-refractivity contribution in [1.29, 1.82) is 0 Å². The third-order valence-electron chi connectivity index (χ3n) is 4.11. The van der Waals surface area contributed by atoms with Gasteiger partial charge < -0.3 is 10.2 Å². The van der Waals surface area contributed by atoms with E-state index in [0.29, 0.717) is 16.1 Å². The Kier molecular flexibility index (Phi) is 5.21. The van der Waals surface area contributed by atoms with E-state index in [2.05, 4.69) is 27.8 Å². The first kappa shape index (κ1) is 16.3. The van der Waals surface area contributed by atoms with Crippen molar-refractivity contribution in [2.45, 2.75) is 19.0 Å². The Labute approximate surface area is 146 Å². The number of nitrogens with one attached hydrogen (secondary N) is 1. The lowest BCUT2D eigenvalue weighted by Gasteiger charge is -2.18. The van der Waals surface area contributed by atoms with Crippen LogP contribution < -0.4 is 10.2 Å². The molecule has 0 spiro atoms. The first-order valence-electron chi connectivity index (χ1n) is 7.66. The second-order valence-electron chi connectivity index (χ2n) is 5.70. The van der Waals surface area contributed by atoms with Crippen molar-refractivity contribution in [3.8, 4) is 0 Å². The van der Waals surface area contributed by atoms with Crippen LogP contribution in [-0.4, -0.2) is 24.1 Å². The van der Waals surface area contributed by atoms with Gasteiger partial charge in [-0.1, -0.05) is 41.9 Å². The summed E-state index contributed by atoms with van der Waals surface area (Å²) in [5.74, 6) is 1.02. The van der Waals surface area contributed by atoms with Gasteiger partial charge in [0.05, 0.1) is 0 Å². The SMILES string of the molecule is C=Cc1ccc(N2CC[C@H](NCc3ccc(Cl)cc3Cl)C2)nc1. The van der Waals surface area contributed by atoms with E-state index in [9.17, 15) is 0 Å². The van der Waals surface area contributed by atoms with E-state index >= 15 is 0 Å². The molecule has 0 unspecified atom stereocenters. The van der Waals surface area contributed by atoms with Crippen LogP contribution in [0.4, 0.5) is 5.82 Å². The maximum Gasteiger partial charge on any atom is 0.128 e. The Hall–Kier alpha value is -1.55. The van der Waals surface area contributed by atoms with Gasteiger partial charge in [-0.05, 0) is 41.8 Å². The lowest BCUT2D eigenvalue weighted by Crippen LogP contribution is -2.32. The van der Waals surface area contributed by atoms with Crippen LogP contribution >= 0.6 is 23.2 Å². The van der Waals surface area contributed by atoms with E-state index in [1.807, 2.05) is 24.4 Å². The molecule has 1 N–H and O–H groups in total. The van der Waals surface area contributed by atoms with Gasteiger partial charge in [-0.15, -0.1) is 0 Å². The third kappa shape index (κ3) is 4.05. The monoisotopic (exact) mass is 347 g/mol. The summed E-state index contributed by atoms with van der Waals surface area (Å²) < 4.78 is 0. The molecule has 1 fully saturated rings. The number of halogens is 2. The van der Waals surface area contributed by atoms with Gasteiger partial charge in [-0.25, -0.2) is 4.98 Å². The molecule has 1 saturated heterocycles. The molecule has 1 aromatic carbocycles. The number of nitrogens with zero attached hydrogens (tertiary/aromatic N) is 2. The smallest absolute Gasteiger partial charge is 0.128 e. The molecular weight excluding hydrogens is 329 g/mol. The highest BCUT2D eigenvalue weighted by atomic mass is 35.5. The average molecular weight is 348 g/mol. The molecule has 0 bridgehead atoms. The first-order chi connectivity index (χ1) is 11.2. The standard InChI is InChI=1S/C18H19Cl2N3/c1-2-13-3-6-18(22-10-13)23-8-7-16(12-23)21-11-14-4-5-15(19)9-17(14)20/h2-6,9-10,16,21H,1,7-8,11-12H2/t16-/m0/s1. The molecule has 3 rings (SSSR count). The topological polar surface area (TPSA) is 28.2 Å². The molecule has 1 aromatic heterocycles. The van der Waals surface area contributed by atoms with E-state index in [1.165, 1.54) is 0 Å². The maximum absolute atomic E-state index is 6.22. The van der Waals surface area contributed by atoms with Crippen molar-refractivity contribution >= 4 is 35.1 Å². The van der Waals surface area contributed by atoms with Crippen molar-refractivity contribution in [1.82, 2.24) is 10.3 Å². The quantitative estimate of drug-likeness (QED) is 0.868. The molecular formula is C18H19Cl2N3. The average Bonchev–Trinajstić information content (AvgIpc) is 3.03. The van der Waals surface area contributed by atoms with Gasteiger partial charge in [0, 0.05) is 41.9 Å². The Balaban J connectivity index is 1.56. The summed E-state index contributed by atoms with van der Waals surface area (Å²) in [6.07, 6.45) is 4.76. The van der Waals surface area contributed by atoms with Crippen molar-refractivity contribution < 1.29 is 0 Å². The molecule has 2 heterocycles. The van der Waals surface area contributed by atoms with Crippen LogP contribution in [0.15, 0.2) is 43.1 Å². The highest BCUT2D eigenvalue weighted by molar-refractivity contribution is 6.35. The van der Waals surface area contributed by atoms with Gasteiger partial charge in [0.2, 0.25) is 0 Å². The van der Waals surface area contributed by atoms with Crippen molar-refractivity contribution in [2.75, 3.05) is 18.0 Å². The van der Waals surface area contributed by atoms with Gasteiger partial charge in [-0.3, -0.25) is 0 Å². The Morgan fingerprint density at radius 1 is 1.30 bits per heavy atom. The number of benzene rings is 1. The number of hydrogen-bond acceptors (Lipinski definition) is 3. The van der Waals surface area contributed by atoms with Gasteiger partial charge in [0.25, 0.3) is 0 Å². The largest absolute Gasteiger partial charge is 0.355 e. The summed E-state index contributed by atoms with van der Waals surface area (Å²) in [7, 11) is 0. The molecule has 0 amide bonds. The van der Waals surface area contributed by atoms with Gasteiger partial charge >= 0.3 is 0 Å². The Morgan fingerprint density at radius 3 is 2.87 bits per heavy atom. The number of pyridine rings is 1. The minimum atomic E-state index is 0.433. The summed E-state index contributed by atoms with van der Waals surface area (Å²) in [6, 6.07) is 10.2. The molecule has 3 nitrogen and oxygen atoms in total. The zero-order valence-corrected chi connectivity index (χ0v) is 14.3. The highest BCUT2D eigenvalue weighted by Gasteiger charge is 2.23. The maximum atomic E-state index is 6.22. The predicted molar refractivity (Wildman–Crippen MR) is 98.2 cm³/mol. The van der Waals surface area contributed by atoms with E-state index in [1.54, 1.807) is 12.1 Å². The molecule has 0 aliphatic carbocycles. The third-order valence-corrected chi connectivity index (χ3v) is 4.70. The molecule has 1 aliphatic heterocycles. The van der Waals surface area contributed by atoms with Crippen LogP contribution in [0.25, 0.3) is 6.08 Å². The first-order valence-corrected chi connectivity index (χ1v) is 8.42. The fraction of sp³-hybridized carbons (Fsp3) is 0.278. The Bertz CT molecular complexity index is 685. The number of aromatic nitrogens is 1. The van der Waals surface area contributed by atoms with Gasteiger partial charge in [0.15, 0.2) is 0 Å². The van der Waals surface area contributed by atoms with Crippen LogP contribution in [0.3, 0.4) is 0 Å².